The molecule has 3 unspecified atom stereocenters. The number of aliphatic hydroxyl groups excluding tert-OH is 1. The number of hydrogen-bond acceptors (Lipinski definition) is 3. The fourth-order valence-corrected chi connectivity index (χ4v) is 1.58. The first-order chi connectivity index (χ1) is 7.52. The fourth-order valence-electron chi connectivity index (χ4n) is 1.58. The first kappa shape index (κ1) is 15.4. The minimum atomic E-state index is -0.156. The van der Waals surface area contributed by atoms with E-state index in [2.05, 4.69) is 12.2 Å². The van der Waals surface area contributed by atoms with Crippen LogP contribution in [0, 0.1) is 11.8 Å². The molecule has 0 aromatic carbocycles. The van der Waals surface area contributed by atoms with E-state index in [1.54, 1.807) is 0 Å². The van der Waals surface area contributed by atoms with Crippen LogP contribution in [0.25, 0.3) is 0 Å². The summed E-state index contributed by atoms with van der Waals surface area (Å²) in [7, 11) is 0. The van der Waals surface area contributed by atoms with Gasteiger partial charge in [0.1, 0.15) is 0 Å². The maximum absolute atomic E-state index is 11.6. The number of carbonyl (C=O) groups excluding carboxylic acids is 1. The summed E-state index contributed by atoms with van der Waals surface area (Å²) in [6.07, 6.45) is 2.86. The smallest absolute Gasteiger partial charge is 0.224 e. The van der Waals surface area contributed by atoms with Gasteiger partial charge in [0.2, 0.25) is 5.91 Å². The summed E-state index contributed by atoms with van der Waals surface area (Å²) in [6.45, 7) is 6.60. The zero-order chi connectivity index (χ0) is 12.6. The molecular weight excluding hydrogens is 204 g/mol. The maximum atomic E-state index is 11.6. The molecule has 16 heavy (non-hydrogen) atoms. The van der Waals surface area contributed by atoms with Crippen molar-refractivity contribution < 1.29 is 9.90 Å². The number of carbonyl (C=O) groups is 1. The number of nitrogens with two attached hydrogens (primary N) is 1. The Kier molecular flexibility index (Phi) is 8.21. The Morgan fingerprint density at radius 2 is 2.00 bits per heavy atom. The van der Waals surface area contributed by atoms with Crippen molar-refractivity contribution in [3.63, 3.8) is 0 Å². The molecule has 0 bridgehead atoms. The summed E-state index contributed by atoms with van der Waals surface area (Å²) in [5, 5.41) is 11.8. The van der Waals surface area contributed by atoms with Crippen LogP contribution in [-0.4, -0.2) is 30.2 Å². The largest absolute Gasteiger partial charge is 0.396 e. The van der Waals surface area contributed by atoms with Crippen molar-refractivity contribution in [1.29, 1.82) is 0 Å². The molecule has 0 aromatic rings. The Hall–Kier alpha value is -0.610. The highest BCUT2D eigenvalue weighted by molar-refractivity contribution is 5.78. The minimum absolute atomic E-state index is 0.00837. The summed E-state index contributed by atoms with van der Waals surface area (Å²) in [4.78, 5) is 11.6. The number of nitrogens with one attached hydrogen (secondary N) is 1. The van der Waals surface area contributed by atoms with E-state index < -0.39 is 0 Å². The number of aliphatic hydroxyl groups is 1. The first-order valence-corrected chi connectivity index (χ1v) is 6.17. The van der Waals surface area contributed by atoms with Crippen LogP contribution in [0.15, 0.2) is 0 Å². The van der Waals surface area contributed by atoms with Crippen molar-refractivity contribution in [2.75, 3.05) is 13.2 Å². The lowest BCUT2D eigenvalue weighted by Gasteiger charge is -2.19. The number of amides is 1. The molecule has 1 amide bonds. The third-order valence-corrected chi connectivity index (χ3v) is 3.00. The van der Waals surface area contributed by atoms with E-state index in [9.17, 15) is 4.79 Å². The molecule has 4 N–H and O–H groups in total. The van der Waals surface area contributed by atoms with Gasteiger partial charge in [0, 0.05) is 25.1 Å². The molecule has 0 aliphatic heterocycles. The van der Waals surface area contributed by atoms with Gasteiger partial charge in [-0.3, -0.25) is 4.79 Å². The van der Waals surface area contributed by atoms with Gasteiger partial charge in [-0.05, 0) is 25.7 Å². The van der Waals surface area contributed by atoms with E-state index in [-0.39, 0.29) is 24.5 Å². The van der Waals surface area contributed by atoms with Crippen molar-refractivity contribution in [2.24, 2.45) is 17.6 Å². The molecule has 0 aliphatic rings. The molecular formula is C12H26N2O2. The Bertz CT molecular complexity index is 189. The molecule has 0 rings (SSSR count). The molecule has 0 spiro atoms. The molecule has 0 saturated carbocycles. The van der Waals surface area contributed by atoms with Gasteiger partial charge in [0.05, 0.1) is 0 Å². The highest BCUT2D eigenvalue weighted by Crippen LogP contribution is 2.10. The molecule has 0 heterocycles. The summed E-state index contributed by atoms with van der Waals surface area (Å²) in [5.41, 5.74) is 5.66. The third-order valence-electron chi connectivity index (χ3n) is 3.00. The van der Waals surface area contributed by atoms with Crippen molar-refractivity contribution in [3.05, 3.63) is 0 Å². The molecule has 0 aromatic heterocycles. The van der Waals surface area contributed by atoms with E-state index in [1.807, 2.05) is 13.8 Å². The summed E-state index contributed by atoms with van der Waals surface area (Å²) < 4.78 is 0. The quantitative estimate of drug-likeness (QED) is 0.579. The van der Waals surface area contributed by atoms with Gasteiger partial charge in [-0.2, -0.15) is 0 Å². The van der Waals surface area contributed by atoms with Gasteiger partial charge in [-0.25, -0.2) is 0 Å². The summed E-state index contributed by atoms with van der Waals surface area (Å²) in [5.74, 6) is 0.227. The van der Waals surface area contributed by atoms with Crippen LogP contribution < -0.4 is 11.1 Å². The average molecular weight is 230 g/mol. The molecule has 0 fully saturated rings. The molecule has 4 nitrogen and oxygen atoms in total. The second-order valence-corrected chi connectivity index (χ2v) is 4.56. The van der Waals surface area contributed by atoms with Crippen LogP contribution in [0.4, 0.5) is 0 Å². The molecule has 0 radical (unpaired) electrons. The highest BCUT2D eigenvalue weighted by atomic mass is 16.3. The van der Waals surface area contributed by atoms with Crippen LogP contribution >= 0.6 is 0 Å². The normalized spacial score (nSPS) is 16.6. The fraction of sp³-hybridized carbons (Fsp3) is 0.917. The Balaban J connectivity index is 3.94. The van der Waals surface area contributed by atoms with Gasteiger partial charge in [-0.15, -0.1) is 0 Å². The van der Waals surface area contributed by atoms with Crippen molar-refractivity contribution in [3.8, 4) is 0 Å². The number of rotatable bonds is 8. The number of hydrogen-bond donors (Lipinski definition) is 3. The summed E-state index contributed by atoms with van der Waals surface area (Å²) >= 11 is 0. The summed E-state index contributed by atoms with van der Waals surface area (Å²) in [6, 6.07) is -0.123. The SMILES string of the molecule is CCCC(CCO)CNC(=O)C(C)C(C)N. The van der Waals surface area contributed by atoms with Gasteiger partial charge < -0.3 is 16.2 Å². The van der Waals surface area contributed by atoms with Gasteiger partial charge in [-0.1, -0.05) is 20.3 Å². The second-order valence-electron chi connectivity index (χ2n) is 4.56. The van der Waals surface area contributed by atoms with Gasteiger partial charge in [0.15, 0.2) is 0 Å². The van der Waals surface area contributed by atoms with E-state index in [0.717, 1.165) is 19.3 Å². The van der Waals surface area contributed by atoms with Crippen molar-refractivity contribution in [2.45, 2.75) is 46.1 Å². The van der Waals surface area contributed by atoms with E-state index in [1.165, 1.54) is 0 Å². The first-order valence-electron chi connectivity index (χ1n) is 6.17. The zero-order valence-corrected chi connectivity index (χ0v) is 10.7. The topological polar surface area (TPSA) is 75.3 Å². The van der Waals surface area contributed by atoms with Gasteiger partial charge >= 0.3 is 0 Å². The molecule has 0 saturated heterocycles. The Morgan fingerprint density at radius 3 is 2.44 bits per heavy atom. The minimum Gasteiger partial charge on any atom is -0.396 e. The predicted octanol–water partition coefficient (Wildman–Crippen LogP) is 0.885. The molecule has 0 aliphatic carbocycles. The van der Waals surface area contributed by atoms with E-state index in [4.69, 9.17) is 10.8 Å². The van der Waals surface area contributed by atoms with Crippen LogP contribution in [-0.2, 0) is 4.79 Å². The molecule has 3 atom stereocenters. The molecule has 96 valence electrons. The maximum Gasteiger partial charge on any atom is 0.224 e. The second kappa shape index (κ2) is 8.53. The van der Waals surface area contributed by atoms with Crippen LogP contribution in [0.2, 0.25) is 0 Å². The van der Waals surface area contributed by atoms with Crippen LogP contribution in [0.3, 0.4) is 0 Å². The average Bonchev–Trinajstić information content (AvgIpc) is 2.24. The highest BCUT2D eigenvalue weighted by Gasteiger charge is 2.17. The Morgan fingerprint density at radius 1 is 1.38 bits per heavy atom. The van der Waals surface area contributed by atoms with Crippen molar-refractivity contribution >= 4 is 5.91 Å². The zero-order valence-electron chi connectivity index (χ0n) is 10.7. The van der Waals surface area contributed by atoms with Crippen molar-refractivity contribution in [1.82, 2.24) is 5.32 Å². The van der Waals surface area contributed by atoms with E-state index >= 15 is 0 Å². The van der Waals surface area contributed by atoms with Crippen LogP contribution in [0.5, 0.6) is 0 Å². The van der Waals surface area contributed by atoms with Gasteiger partial charge in [0.25, 0.3) is 0 Å². The lowest BCUT2D eigenvalue weighted by Crippen LogP contribution is -2.40. The Labute approximate surface area is 98.6 Å². The van der Waals surface area contributed by atoms with E-state index in [0.29, 0.717) is 12.5 Å². The molecule has 4 heteroatoms. The lowest BCUT2D eigenvalue weighted by molar-refractivity contribution is -0.125. The lowest BCUT2D eigenvalue weighted by atomic mass is 9.99. The standard InChI is InChI=1S/C12H26N2O2/c1-4-5-11(6-7-15)8-14-12(16)9(2)10(3)13/h9-11,15H,4-8,13H2,1-3H3,(H,14,16). The monoisotopic (exact) mass is 230 g/mol. The van der Waals surface area contributed by atoms with Crippen LogP contribution in [0.1, 0.15) is 40.0 Å². The predicted molar refractivity (Wildman–Crippen MR) is 65.9 cm³/mol. The third kappa shape index (κ3) is 6.08.